The molecule has 0 aromatic heterocycles. The van der Waals surface area contributed by atoms with Crippen LogP contribution in [0.2, 0.25) is 0 Å². The van der Waals surface area contributed by atoms with Gasteiger partial charge in [-0.05, 0) is 48.1 Å². The monoisotopic (exact) mass is 392 g/mol. The zero-order chi connectivity index (χ0) is 21.0. The third kappa shape index (κ3) is 4.43. The second kappa shape index (κ2) is 9.10. The number of hydrogen-bond donors (Lipinski definition) is 2. The van der Waals surface area contributed by atoms with Crippen LogP contribution in [-0.4, -0.2) is 18.3 Å². The summed E-state index contributed by atoms with van der Waals surface area (Å²) in [6, 6.07) is 11.8. The summed E-state index contributed by atoms with van der Waals surface area (Å²) in [7, 11) is 0. The summed E-state index contributed by atoms with van der Waals surface area (Å²) < 4.78 is 14.9. The van der Waals surface area contributed by atoms with E-state index in [2.05, 4.69) is 54.6 Å². The van der Waals surface area contributed by atoms with Gasteiger partial charge in [-0.1, -0.05) is 50.4 Å². The molecule has 0 atom stereocenters. The molecular weight excluding hydrogens is 363 g/mol. The van der Waals surface area contributed by atoms with Crippen LogP contribution in [-0.2, 0) is 13.0 Å². The Labute approximate surface area is 172 Å². The molecule has 29 heavy (non-hydrogen) atoms. The van der Waals surface area contributed by atoms with Gasteiger partial charge in [0.15, 0.2) is 0 Å². The quantitative estimate of drug-likeness (QED) is 0.614. The number of nitrogens with one attached hydrogen (secondary N) is 1. The van der Waals surface area contributed by atoms with E-state index in [-0.39, 0.29) is 12.4 Å². The molecule has 1 aliphatic rings. The van der Waals surface area contributed by atoms with Gasteiger partial charge in [0.05, 0.1) is 5.69 Å². The first-order valence-electron chi connectivity index (χ1n) is 10.0. The van der Waals surface area contributed by atoms with Crippen LogP contribution in [0.5, 0.6) is 0 Å². The Morgan fingerprint density at radius 1 is 1.14 bits per heavy atom. The first-order valence-corrected chi connectivity index (χ1v) is 10.0. The second-order valence-corrected chi connectivity index (χ2v) is 7.39. The van der Waals surface area contributed by atoms with Crippen molar-refractivity contribution in [3.8, 4) is 0 Å². The average molecular weight is 393 g/mol. The molecule has 4 heteroatoms. The number of nitrogens with zero attached hydrogens (tertiary/aromatic N) is 1. The van der Waals surface area contributed by atoms with Crippen molar-refractivity contribution in [2.45, 2.75) is 33.2 Å². The van der Waals surface area contributed by atoms with Gasteiger partial charge in [-0.25, -0.2) is 4.39 Å². The van der Waals surface area contributed by atoms with Gasteiger partial charge in [0, 0.05) is 42.7 Å². The lowest BCUT2D eigenvalue weighted by atomic mass is 9.90. The Bertz CT molecular complexity index is 944. The van der Waals surface area contributed by atoms with Crippen LogP contribution in [0, 0.1) is 12.7 Å². The molecule has 3 rings (SSSR count). The van der Waals surface area contributed by atoms with E-state index in [1.165, 1.54) is 11.6 Å². The lowest BCUT2D eigenvalue weighted by Crippen LogP contribution is -2.26. The SMILES string of the molecule is C=C(NCCCO)C1=CN(Cc2ccc(CC)cc2)c2c(C)ccc(F)c2C1=C. The lowest BCUT2D eigenvalue weighted by molar-refractivity contribution is 0.288. The number of aryl methyl sites for hydroxylation is 2. The van der Waals surface area contributed by atoms with Gasteiger partial charge in [0.1, 0.15) is 5.82 Å². The van der Waals surface area contributed by atoms with E-state index in [9.17, 15) is 4.39 Å². The summed E-state index contributed by atoms with van der Waals surface area (Å²) in [4.78, 5) is 2.08. The Balaban J connectivity index is 1.99. The predicted octanol–water partition coefficient (Wildman–Crippen LogP) is 5.10. The maximum absolute atomic E-state index is 14.9. The fourth-order valence-electron chi connectivity index (χ4n) is 3.64. The Morgan fingerprint density at radius 2 is 1.83 bits per heavy atom. The fourth-order valence-corrected chi connectivity index (χ4v) is 3.64. The van der Waals surface area contributed by atoms with Crippen LogP contribution in [0.4, 0.5) is 10.1 Å². The molecule has 2 aromatic carbocycles. The Morgan fingerprint density at radius 3 is 2.48 bits per heavy atom. The zero-order valence-electron chi connectivity index (χ0n) is 17.3. The Kier molecular flexibility index (Phi) is 6.55. The van der Waals surface area contributed by atoms with E-state index < -0.39 is 0 Å². The molecule has 0 amide bonds. The van der Waals surface area contributed by atoms with Crippen molar-refractivity contribution in [1.29, 1.82) is 0 Å². The molecule has 0 aliphatic carbocycles. The van der Waals surface area contributed by atoms with E-state index >= 15 is 0 Å². The maximum Gasteiger partial charge on any atom is 0.133 e. The first-order chi connectivity index (χ1) is 14.0. The van der Waals surface area contributed by atoms with Crippen molar-refractivity contribution in [2.75, 3.05) is 18.1 Å². The number of rotatable bonds is 8. The summed E-state index contributed by atoms with van der Waals surface area (Å²) in [5.74, 6) is -0.282. The summed E-state index contributed by atoms with van der Waals surface area (Å²) in [5, 5.41) is 12.2. The standard InChI is InChI=1S/C25H29FN2O/c1-5-20-8-10-21(11-9-20)15-28-16-22(19(4)27-13-6-14-29)18(3)24-23(26)12-7-17(2)25(24)28/h7-12,16,27,29H,3-6,13-15H2,1-2H3. The normalized spacial score (nSPS) is 13.2. The molecule has 0 bridgehead atoms. The molecule has 0 unspecified atom stereocenters. The fraction of sp³-hybridized carbons (Fsp3) is 0.280. The molecule has 1 aliphatic heterocycles. The Hall–Kier alpha value is -2.85. The van der Waals surface area contributed by atoms with Crippen LogP contribution < -0.4 is 10.2 Å². The number of anilines is 1. The van der Waals surface area contributed by atoms with Gasteiger partial charge in [-0.3, -0.25) is 0 Å². The van der Waals surface area contributed by atoms with Crippen molar-refractivity contribution in [2.24, 2.45) is 0 Å². The number of aliphatic hydroxyl groups excluding tert-OH is 1. The predicted molar refractivity (Wildman–Crippen MR) is 119 cm³/mol. The minimum Gasteiger partial charge on any atom is -0.396 e. The van der Waals surface area contributed by atoms with Gasteiger partial charge >= 0.3 is 0 Å². The van der Waals surface area contributed by atoms with E-state index in [1.807, 2.05) is 19.2 Å². The molecule has 0 radical (unpaired) electrons. The molecule has 152 valence electrons. The zero-order valence-corrected chi connectivity index (χ0v) is 17.3. The van der Waals surface area contributed by atoms with Crippen LogP contribution in [0.15, 0.2) is 67.0 Å². The van der Waals surface area contributed by atoms with Gasteiger partial charge in [-0.2, -0.15) is 0 Å². The molecule has 0 fully saturated rings. The number of hydrogen-bond acceptors (Lipinski definition) is 3. The van der Waals surface area contributed by atoms with E-state index in [1.54, 1.807) is 0 Å². The molecule has 2 N–H and O–H groups in total. The van der Waals surface area contributed by atoms with E-state index in [0.717, 1.165) is 28.8 Å². The largest absolute Gasteiger partial charge is 0.396 e. The van der Waals surface area contributed by atoms with Crippen molar-refractivity contribution >= 4 is 11.3 Å². The average Bonchev–Trinajstić information content (AvgIpc) is 2.72. The third-order valence-electron chi connectivity index (χ3n) is 5.31. The topological polar surface area (TPSA) is 35.5 Å². The summed E-state index contributed by atoms with van der Waals surface area (Å²) in [5.41, 5.74) is 6.91. The van der Waals surface area contributed by atoms with Crippen molar-refractivity contribution in [3.05, 3.63) is 95.1 Å². The van der Waals surface area contributed by atoms with Crippen molar-refractivity contribution in [1.82, 2.24) is 5.32 Å². The van der Waals surface area contributed by atoms with Crippen LogP contribution in [0.25, 0.3) is 5.57 Å². The second-order valence-electron chi connectivity index (χ2n) is 7.39. The number of halogens is 1. The van der Waals surface area contributed by atoms with Gasteiger partial charge in [0.25, 0.3) is 0 Å². The lowest BCUT2D eigenvalue weighted by Gasteiger charge is -2.33. The summed E-state index contributed by atoms with van der Waals surface area (Å²) >= 11 is 0. The highest BCUT2D eigenvalue weighted by molar-refractivity contribution is 5.92. The van der Waals surface area contributed by atoms with Crippen molar-refractivity contribution in [3.63, 3.8) is 0 Å². The molecule has 2 aromatic rings. The number of fused-ring (bicyclic) bond motifs is 1. The summed E-state index contributed by atoms with van der Waals surface area (Å²) in [6.07, 6.45) is 3.62. The highest BCUT2D eigenvalue weighted by atomic mass is 19.1. The van der Waals surface area contributed by atoms with Gasteiger partial charge < -0.3 is 15.3 Å². The minimum absolute atomic E-state index is 0.108. The minimum atomic E-state index is -0.282. The van der Waals surface area contributed by atoms with Gasteiger partial charge in [-0.15, -0.1) is 0 Å². The molecule has 0 saturated carbocycles. The van der Waals surface area contributed by atoms with E-state index in [4.69, 9.17) is 5.11 Å². The number of allylic oxidation sites excluding steroid dienone is 1. The van der Waals surface area contributed by atoms with Crippen molar-refractivity contribution < 1.29 is 9.50 Å². The third-order valence-corrected chi connectivity index (χ3v) is 5.31. The first kappa shape index (κ1) is 20.9. The number of aliphatic hydroxyl groups is 1. The molecule has 1 heterocycles. The highest BCUT2D eigenvalue weighted by Crippen LogP contribution is 2.42. The number of benzene rings is 2. The molecule has 0 spiro atoms. The smallest absolute Gasteiger partial charge is 0.133 e. The van der Waals surface area contributed by atoms with Crippen LogP contribution in [0.3, 0.4) is 0 Å². The van der Waals surface area contributed by atoms with Crippen LogP contribution >= 0.6 is 0 Å². The van der Waals surface area contributed by atoms with E-state index in [0.29, 0.717) is 36.3 Å². The molecular formula is C25H29FN2O. The van der Waals surface area contributed by atoms with Gasteiger partial charge in [0.2, 0.25) is 0 Å². The summed E-state index contributed by atoms with van der Waals surface area (Å²) in [6.45, 7) is 13.7. The molecule has 0 saturated heterocycles. The molecule has 3 nitrogen and oxygen atoms in total. The van der Waals surface area contributed by atoms with Crippen LogP contribution in [0.1, 0.15) is 35.6 Å². The maximum atomic E-state index is 14.9. The highest BCUT2D eigenvalue weighted by Gasteiger charge is 2.27.